The summed E-state index contributed by atoms with van der Waals surface area (Å²) >= 11 is 0. The van der Waals surface area contributed by atoms with Crippen molar-refractivity contribution in [3.63, 3.8) is 0 Å². The monoisotopic (exact) mass is 372 g/mol. The van der Waals surface area contributed by atoms with E-state index >= 15 is 0 Å². The molecule has 0 bridgehead atoms. The predicted molar refractivity (Wildman–Crippen MR) is 98.8 cm³/mol. The Morgan fingerprint density at radius 1 is 1.07 bits per heavy atom. The van der Waals surface area contributed by atoms with E-state index in [9.17, 15) is 4.79 Å². The second kappa shape index (κ2) is 9.39. The topological polar surface area (TPSA) is 63.2 Å². The highest BCUT2D eigenvalue weighted by atomic mass is 16.7. The van der Waals surface area contributed by atoms with E-state index in [-0.39, 0.29) is 12.4 Å². The van der Waals surface area contributed by atoms with E-state index in [1.165, 1.54) is 7.11 Å². The van der Waals surface area contributed by atoms with Gasteiger partial charge < -0.3 is 23.7 Å². The van der Waals surface area contributed by atoms with Crippen LogP contribution in [0.1, 0.15) is 29.4 Å². The zero-order valence-electron chi connectivity index (χ0n) is 15.6. The fourth-order valence-corrected chi connectivity index (χ4v) is 2.95. The number of ether oxygens (including phenoxy) is 5. The third kappa shape index (κ3) is 4.99. The van der Waals surface area contributed by atoms with Gasteiger partial charge in [-0.1, -0.05) is 24.3 Å². The van der Waals surface area contributed by atoms with Gasteiger partial charge in [0.15, 0.2) is 6.29 Å². The molecule has 6 heteroatoms. The molecule has 1 saturated heterocycles. The van der Waals surface area contributed by atoms with Crippen LogP contribution in [0, 0.1) is 0 Å². The molecule has 3 rings (SSSR count). The summed E-state index contributed by atoms with van der Waals surface area (Å²) in [4.78, 5) is 11.5. The first-order valence-electron chi connectivity index (χ1n) is 8.89. The number of hydrogen-bond donors (Lipinski definition) is 0. The minimum Gasteiger partial charge on any atom is -0.497 e. The lowest BCUT2D eigenvalue weighted by atomic mass is 10.0. The summed E-state index contributed by atoms with van der Waals surface area (Å²) in [6, 6.07) is 13.5. The van der Waals surface area contributed by atoms with E-state index in [4.69, 9.17) is 23.7 Å². The Morgan fingerprint density at radius 3 is 2.48 bits per heavy atom. The van der Waals surface area contributed by atoms with Crippen LogP contribution in [0.5, 0.6) is 11.5 Å². The van der Waals surface area contributed by atoms with E-state index in [0.29, 0.717) is 32.0 Å². The summed E-state index contributed by atoms with van der Waals surface area (Å²) in [6.07, 6.45) is 0.341. The van der Waals surface area contributed by atoms with Crippen LogP contribution in [0.4, 0.5) is 0 Å². The fraction of sp³-hybridized carbons (Fsp3) is 0.381. The minimum absolute atomic E-state index is 0.251. The lowest BCUT2D eigenvalue weighted by molar-refractivity contribution is -0.140. The molecule has 2 aromatic rings. The summed E-state index contributed by atoms with van der Waals surface area (Å²) in [5, 5.41) is 0. The largest absolute Gasteiger partial charge is 0.497 e. The highest BCUT2D eigenvalue weighted by Crippen LogP contribution is 2.35. The van der Waals surface area contributed by atoms with Gasteiger partial charge in [0.1, 0.15) is 18.1 Å². The van der Waals surface area contributed by atoms with E-state index in [1.807, 2.05) is 42.5 Å². The molecule has 1 fully saturated rings. The third-order valence-corrected chi connectivity index (χ3v) is 4.39. The number of carbonyl (C=O) groups excluding carboxylic acids is 1. The van der Waals surface area contributed by atoms with Crippen molar-refractivity contribution in [3.05, 3.63) is 59.2 Å². The molecule has 1 heterocycles. The van der Waals surface area contributed by atoms with Crippen molar-refractivity contribution in [1.82, 2.24) is 0 Å². The van der Waals surface area contributed by atoms with Crippen LogP contribution in [0.25, 0.3) is 0 Å². The van der Waals surface area contributed by atoms with Crippen molar-refractivity contribution in [2.24, 2.45) is 0 Å². The molecular formula is C21H24O6. The van der Waals surface area contributed by atoms with Gasteiger partial charge in [-0.2, -0.15) is 0 Å². The predicted octanol–water partition coefficient (Wildman–Crippen LogP) is 3.43. The van der Waals surface area contributed by atoms with E-state index in [0.717, 1.165) is 22.4 Å². The van der Waals surface area contributed by atoms with Gasteiger partial charge >= 0.3 is 5.97 Å². The van der Waals surface area contributed by atoms with Gasteiger partial charge in [0.2, 0.25) is 0 Å². The lowest BCUT2D eigenvalue weighted by Gasteiger charge is -2.19. The van der Waals surface area contributed by atoms with Crippen molar-refractivity contribution in [3.8, 4) is 11.5 Å². The van der Waals surface area contributed by atoms with Crippen molar-refractivity contribution >= 4 is 5.97 Å². The Labute approximate surface area is 158 Å². The Hall–Kier alpha value is -2.57. The summed E-state index contributed by atoms with van der Waals surface area (Å²) in [6.45, 7) is 1.48. The number of rotatable bonds is 8. The maximum absolute atomic E-state index is 11.5. The standard InChI is InChI=1S/C21H24O6/c1-23-17-9-6-15(7-10-17)14-27-18-5-3-4-16(8-11-19(22)24-2)20(18)21-25-12-13-26-21/h3-7,9-10,21H,8,11-14H2,1-2H3. The number of carbonyl (C=O) groups is 1. The third-order valence-electron chi connectivity index (χ3n) is 4.39. The zero-order chi connectivity index (χ0) is 19.1. The minimum atomic E-state index is -0.482. The summed E-state index contributed by atoms with van der Waals surface area (Å²) in [5.41, 5.74) is 2.82. The second-order valence-corrected chi connectivity index (χ2v) is 6.12. The molecule has 0 atom stereocenters. The Kier molecular flexibility index (Phi) is 6.68. The molecule has 0 unspecified atom stereocenters. The van der Waals surface area contributed by atoms with Crippen molar-refractivity contribution in [2.45, 2.75) is 25.7 Å². The highest BCUT2D eigenvalue weighted by molar-refractivity contribution is 5.69. The zero-order valence-corrected chi connectivity index (χ0v) is 15.6. The first kappa shape index (κ1) is 19.2. The summed E-state index contributed by atoms with van der Waals surface area (Å²) in [5.74, 6) is 1.25. The van der Waals surface area contributed by atoms with Crippen LogP contribution < -0.4 is 9.47 Å². The molecule has 0 aliphatic carbocycles. The van der Waals surface area contributed by atoms with Gasteiger partial charge in [-0.05, 0) is 35.7 Å². The first-order valence-corrected chi connectivity index (χ1v) is 8.89. The quantitative estimate of drug-likeness (QED) is 0.662. The van der Waals surface area contributed by atoms with Gasteiger partial charge in [0.25, 0.3) is 0 Å². The van der Waals surface area contributed by atoms with Gasteiger partial charge in [-0.15, -0.1) is 0 Å². The van der Waals surface area contributed by atoms with Gasteiger partial charge in [0, 0.05) is 6.42 Å². The highest BCUT2D eigenvalue weighted by Gasteiger charge is 2.25. The van der Waals surface area contributed by atoms with Crippen LogP contribution >= 0.6 is 0 Å². The maximum Gasteiger partial charge on any atom is 0.305 e. The van der Waals surface area contributed by atoms with Crippen LogP contribution in [0.3, 0.4) is 0 Å². The molecule has 6 nitrogen and oxygen atoms in total. The van der Waals surface area contributed by atoms with E-state index in [1.54, 1.807) is 7.11 Å². The van der Waals surface area contributed by atoms with E-state index in [2.05, 4.69) is 0 Å². The van der Waals surface area contributed by atoms with Crippen molar-refractivity contribution < 1.29 is 28.5 Å². The SMILES string of the molecule is COC(=O)CCc1cccc(OCc2ccc(OC)cc2)c1C1OCCO1. The van der Waals surface area contributed by atoms with Gasteiger partial charge in [-0.25, -0.2) is 0 Å². The van der Waals surface area contributed by atoms with Crippen molar-refractivity contribution in [2.75, 3.05) is 27.4 Å². The number of benzene rings is 2. The first-order chi connectivity index (χ1) is 13.2. The van der Waals surface area contributed by atoms with Crippen LogP contribution in [0.15, 0.2) is 42.5 Å². The number of aryl methyl sites for hydroxylation is 1. The Bertz CT molecular complexity index is 750. The average Bonchev–Trinajstić information content (AvgIpc) is 3.25. The van der Waals surface area contributed by atoms with Crippen molar-refractivity contribution in [1.29, 1.82) is 0 Å². The van der Waals surface area contributed by atoms with Crippen LogP contribution in [0.2, 0.25) is 0 Å². The summed E-state index contributed by atoms with van der Waals surface area (Å²) < 4.78 is 27.4. The number of esters is 1. The molecule has 1 aliphatic rings. The molecule has 0 spiro atoms. The van der Waals surface area contributed by atoms with Crippen LogP contribution in [-0.2, 0) is 32.0 Å². The summed E-state index contributed by atoms with van der Waals surface area (Å²) in [7, 11) is 3.03. The molecule has 0 radical (unpaired) electrons. The smallest absolute Gasteiger partial charge is 0.305 e. The Balaban J connectivity index is 1.78. The fourth-order valence-electron chi connectivity index (χ4n) is 2.95. The second-order valence-electron chi connectivity index (χ2n) is 6.12. The lowest BCUT2D eigenvalue weighted by Crippen LogP contribution is -2.09. The van der Waals surface area contributed by atoms with E-state index < -0.39 is 6.29 Å². The molecule has 1 aliphatic heterocycles. The normalized spacial score (nSPS) is 14.1. The molecule has 2 aromatic carbocycles. The molecule has 0 aromatic heterocycles. The number of hydrogen-bond acceptors (Lipinski definition) is 6. The van der Waals surface area contributed by atoms with Gasteiger partial charge in [0.05, 0.1) is 33.0 Å². The molecular weight excluding hydrogens is 348 g/mol. The maximum atomic E-state index is 11.5. The molecule has 0 saturated carbocycles. The Morgan fingerprint density at radius 2 is 1.81 bits per heavy atom. The molecule has 0 amide bonds. The number of methoxy groups -OCH3 is 2. The van der Waals surface area contributed by atoms with Gasteiger partial charge in [-0.3, -0.25) is 4.79 Å². The molecule has 144 valence electrons. The molecule has 0 N–H and O–H groups in total. The molecule has 27 heavy (non-hydrogen) atoms. The van der Waals surface area contributed by atoms with Crippen LogP contribution in [-0.4, -0.2) is 33.4 Å². The average molecular weight is 372 g/mol.